The number of nitrogens with one attached hydrogen (secondary N) is 1. The van der Waals surface area contributed by atoms with E-state index in [1.54, 1.807) is 0 Å². The lowest BCUT2D eigenvalue weighted by atomic mass is 10.1. The van der Waals surface area contributed by atoms with Crippen LogP contribution in [0.25, 0.3) is 0 Å². The van der Waals surface area contributed by atoms with E-state index in [4.69, 9.17) is 5.11 Å². The molecule has 0 bridgehead atoms. The van der Waals surface area contributed by atoms with Gasteiger partial charge in [-0.3, -0.25) is 4.98 Å². The van der Waals surface area contributed by atoms with E-state index in [1.807, 2.05) is 19.2 Å². The summed E-state index contributed by atoms with van der Waals surface area (Å²) in [7, 11) is 0. The predicted octanol–water partition coefficient (Wildman–Crippen LogP) is 1.48. The van der Waals surface area contributed by atoms with Crippen LogP contribution in [0.5, 0.6) is 0 Å². The van der Waals surface area contributed by atoms with Gasteiger partial charge in [-0.25, -0.2) is 0 Å². The monoisotopic (exact) mass is 249 g/mol. The average Bonchev–Trinajstić information content (AvgIpc) is 2.37. The van der Waals surface area contributed by atoms with Crippen LogP contribution >= 0.6 is 0 Å². The molecule has 4 heteroatoms. The summed E-state index contributed by atoms with van der Waals surface area (Å²) in [5.74, 6) is 0. The standard InChI is InChI=1S/C14H23N3O/c1-4-6-17(7-8-18)14-9-12(3)16-11-13(14)10-15-5-2/h4,9,11,15,18H,1,5-8,10H2,2-3H3. The van der Waals surface area contributed by atoms with Crippen molar-refractivity contribution in [3.8, 4) is 0 Å². The van der Waals surface area contributed by atoms with Crippen molar-refractivity contribution in [1.29, 1.82) is 0 Å². The molecule has 0 aromatic carbocycles. The molecule has 2 N–H and O–H groups in total. The third-order valence-corrected chi connectivity index (χ3v) is 2.72. The van der Waals surface area contributed by atoms with Gasteiger partial charge in [0.2, 0.25) is 0 Å². The minimum absolute atomic E-state index is 0.135. The van der Waals surface area contributed by atoms with E-state index >= 15 is 0 Å². The van der Waals surface area contributed by atoms with Gasteiger partial charge in [-0.15, -0.1) is 6.58 Å². The SMILES string of the molecule is C=CCN(CCO)c1cc(C)ncc1CNCC. The van der Waals surface area contributed by atoms with Gasteiger partial charge in [-0.05, 0) is 19.5 Å². The molecular weight excluding hydrogens is 226 g/mol. The number of aryl methyl sites for hydroxylation is 1. The number of aliphatic hydroxyl groups excluding tert-OH is 1. The summed E-state index contributed by atoms with van der Waals surface area (Å²) in [6.07, 6.45) is 3.75. The van der Waals surface area contributed by atoms with Crippen LogP contribution < -0.4 is 10.2 Å². The van der Waals surface area contributed by atoms with Crippen molar-refractivity contribution in [3.63, 3.8) is 0 Å². The minimum Gasteiger partial charge on any atom is -0.395 e. The first-order chi connectivity index (χ1) is 8.72. The van der Waals surface area contributed by atoms with Crippen LogP contribution in [0.3, 0.4) is 0 Å². The summed E-state index contributed by atoms with van der Waals surface area (Å²) in [4.78, 5) is 6.46. The van der Waals surface area contributed by atoms with Crippen LogP contribution in [0.2, 0.25) is 0 Å². The molecule has 4 nitrogen and oxygen atoms in total. The molecule has 0 unspecified atom stereocenters. The van der Waals surface area contributed by atoms with E-state index in [0.29, 0.717) is 6.54 Å². The maximum atomic E-state index is 9.15. The van der Waals surface area contributed by atoms with Gasteiger partial charge in [-0.2, -0.15) is 0 Å². The molecule has 0 aliphatic carbocycles. The third kappa shape index (κ3) is 4.13. The second-order valence-electron chi connectivity index (χ2n) is 4.19. The molecule has 0 atom stereocenters. The van der Waals surface area contributed by atoms with Gasteiger partial charge in [0.1, 0.15) is 0 Å². The van der Waals surface area contributed by atoms with Crippen LogP contribution in [0, 0.1) is 6.92 Å². The molecule has 1 rings (SSSR count). The smallest absolute Gasteiger partial charge is 0.0606 e. The second-order valence-corrected chi connectivity index (χ2v) is 4.19. The zero-order valence-electron chi connectivity index (χ0n) is 11.3. The highest BCUT2D eigenvalue weighted by atomic mass is 16.3. The summed E-state index contributed by atoms with van der Waals surface area (Å²) in [6.45, 7) is 11.0. The largest absolute Gasteiger partial charge is 0.395 e. The van der Waals surface area contributed by atoms with Crippen LogP contribution in [0.1, 0.15) is 18.2 Å². The van der Waals surface area contributed by atoms with Gasteiger partial charge in [0.15, 0.2) is 0 Å². The molecule has 0 saturated heterocycles. The highest BCUT2D eigenvalue weighted by molar-refractivity contribution is 5.54. The zero-order valence-corrected chi connectivity index (χ0v) is 11.3. The van der Waals surface area contributed by atoms with Gasteiger partial charge in [-0.1, -0.05) is 13.0 Å². The quantitative estimate of drug-likeness (QED) is 0.685. The number of rotatable bonds is 8. The molecule has 0 aliphatic rings. The lowest BCUT2D eigenvalue weighted by Crippen LogP contribution is -2.28. The van der Waals surface area contributed by atoms with Crippen molar-refractivity contribution >= 4 is 5.69 Å². The molecule has 0 aliphatic heterocycles. The molecular formula is C14H23N3O. The Hall–Kier alpha value is -1.39. The van der Waals surface area contributed by atoms with Crippen molar-refractivity contribution in [2.24, 2.45) is 0 Å². The molecule has 1 aromatic heterocycles. The molecule has 0 fully saturated rings. The van der Waals surface area contributed by atoms with E-state index in [9.17, 15) is 0 Å². The molecule has 1 heterocycles. The topological polar surface area (TPSA) is 48.4 Å². The molecule has 18 heavy (non-hydrogen) atoms. The van der Waals surface area contributed by atoms with Gasteiger partial charge >= 0.3 is 0 Å². The zero-order chi connectivity index (χ0) is 13.4. The van der Waals surface area contributed by atoms with Crippen molar-refractivity contribution < 1.29 is 5.11 Å². The molecule has 0 radical (unpaired) electrons. The fraction of sp³-hybridized carbons (Fsp3) is 0.500. The third-order valence-electron chi connectivity index (χ3n) is 2.72. The maximum Gasteiger partial charge on any atom is 0.0606 e. The summed E-state index contributed by atoms with van der Waals surface area (Å²) in [6, 6.07) is 2.06. The maximum absolute atomic E-state index is 9.15. The average molecular weight is 249 g/mol. The Morgan fingerprint density at radius 1 is 1.56 bits per heavy atom. The molecule has 100 valence electrons. The van der Waals surface area contributed by atoms with Crippen molar-refractivity contribution in [2.45, 2.75) is 20.4 Å². The number of pyridine rings is 1. The fourth-order valence-corrected chi connectivity index (χ4v) is 1.85. The Balaban J connectivity index is 2.99. The van der Waals surface area contributed by atoms with Gasteiger partial charge in [0, 0.05) is 42.8 Å². The Bertz CT molecular complexity index is 379. The Morgan fingerprint density at radius 3 is 2.94 bits per heavy atom. The fourth-order valence-electron chi connectivity index (χ4n) is 1.85. The van der Waals surface area contributed by atoms with Crippen molar-refractivity contribution in [3.05, 3.63) is 36.2 Å². The first kappa shape index (κ1) is 14.7. The van der Waals surface area contributed by atoms with Gasteiger partial charge in [0.05, 0.1) is 6.61 Å². The highest BCUT2D eigenvalue weighted by Gasteiger charge is 2.10. The van der Waals surface area contributed by atoms with Crippen LogP contribution in [-0.2, 0) is 6.54 Å². The number of aliphatic hydroxyl groups is 1. The summed E-state index contributed by atoms with van der Waals surface area (Å²) in [5, 5.41) is 12.5. The normalized spacial score (nSPS) is 10.4. The number of hydrogen-bond donors (Lipinski definition) is 2. The van der Waals surface area contributed by atoms with E-state index in [2.05, 4.69) is 34.8 Å². The number of hydrogen-bond acceptors (Lipinski definition) is 4. The van der Waals surface area contributed by atoms with Gasteiger partial charge < -0.3 is 15.3 Å². The summed E-state index contributed by atoms with van der Waals surface area (Å²) < 4.78 is 0. The van der Waals surface area contributed by atoms with E-state index in [-0.39, 0.29) is 6.61 Å². The molecule has 0 spiro atoms. The van der Waals surface area contributed by atoms with Crippen LogP contribution in [0.4, 0.5) is 5.69 Å². The van der Waals surface area contributed by atoms with E-state index in [1.165, 1.54) is 0 Å². The predicted molar refractivity (Wildman–Crippen MR) is 75.9 cm³/mol. The second kappa shape index (κ2) is 7.84. The lowest BCUT2D eigenvalue weighted by Gasteiger charge is -2.25. The van der Waals surface area contributed by atoms with Crippen molar-refractivity contribution in [2.75, 3.05) is 31.1 Å². The Labute approximate surface area is 109 Å². The van der Waals surface area contributed by atoms with E-state index < -0.39 is 0 Å². The highest BCUT2D eigenvalue weighted by Crippen LogP contribution is 2.20. The molecule has 0 amide bonds. The first-order valence-electron chi connectivity index (χ1n) is 6.35. The van der Waals surface area contributed by atoms with Crippen LogP contribution in [-0.4, -0.2) is 36.3 Å². The van der Waals surface area contributed by atoms with E-state index in [0.717, 1.165) is 36.6 Å². The van der Waals surface area contributed by atoms with Crippen LogP contribution in [0.15, 0.2) is 24.9 Å². The number of anilines is 1. The lowest BCUT2D eigenvalue weighted by molar-refractivity contribution is 0.303. The van der Waals surface area contributed by atoms with Gasteiger partial charge in [0.25, 0.3) is 0 Å². The molecule has 0 saturated carbocycles. The Kier molecular flexibility index (Phi) is 6.39. The Morgan fingerprint density at radius 2 is 2.33 bits per heavy atom. The van der Waals surface area contributed by atoms with Crippen molar-refractivity contribution in [1.82, 2.24) is 10.3 Å². The number of aromatic nitrogens is 1. The number of nitrogens with zero attached hydrogens (tertiary/aromatic N) is 2. The molecule has 1 aromatic rings. The minimum atomic E-state index is 0.135. The first-order valence-corrected chi connectivity index (χ1v) is 6.35. The summed E-state index contributed by atoms with van der Waals surface area (Å²) in [5.41, 5.74) is 3.26. The summed E-state index contributed by atoms with van der Waals surface area (Å²) >= 11 is 0.